The fraction of sp³-hybridized carbons (Fsp3) is 0.125. The van der Waals surface area contributed by atoms with Crippen molar-refractivity contribution in [3.63, 3.8) is 0 Å². The number of carbonyl (C=O) groups excluding carboxylic acids is 1. The smallest absolute Gasteiger partial charge is 0.259 e. The maximum absolute atomic E-state index is 13.2. The molecule has 0 atom stereocenters. The zero-order valence-electron chi connectivity index (χ0n) is 17.6. The van der Waals surface area contributed by atoms with Crippen LogP contribution < -0.4 is 5.32 Å². The average molecular weight is 424 g/mol. The molecule has 3 heterocycles. The summed E-state index contributed by atoms with van der Waals surface area (Å²) in [6.45, 7) is 4.02. The van der Waals surface area contributed by atoms with Gasteiger partial charge in [-0.15, -0.1) is 10.2 Å². The summed E-state index contributed by atoms with van der Waals surface area (Å²) in [5.41, 5.74) is 5.00. The van der Waals surface area contributed by atoms with Gasteiger partial charge in [0.1, 0.15) is 6.33 Å². The second kappa shape index (κ2) is 8.07. The van der Waals surface area contributed by atoms with Crippen molar-refractivity contribution in [3.8, 4) is 16.9 Å². The third-order valence-corrected chi connectivity index (χ3v) is 5.27. The first-order chi connectivity index (χ1) is 15.6. The van der Waals surface area contributed by atoms with E-state index in [0.29, 0.717) is 33.9 Å². The van der Waals surface area contributed by atoms with Crippen LogP contribution >= 0.6 is 0 Å². The Hall–Kier alpha value is -4.33. The highest BCUT2D eigenvalue weighted by Crippen LogP contribution is 2.27. The van der Waals surface area contributed by atoms with Crippen LogP contribution in [-0.4, -0.2) is 30.8 Å². The van der Waals surface area contributed by atoms with Crippen molar-refractivity contribution in [2.24, 2.45) is 0 Å². The molecule has 0 unspecified atom stereocenters. The minimum Gasteiger partial charge on any atom is -0.345 e. The van der Waals surface area contributed by atoms with Gasteiger partial charge in [0.15, 0.2) is 5.82 Å². The van der Waals surface area contributed by atoms with Crippen molar-refractivity contribution >= 4 is 17.0 Å². The highest BCUT2D eigenvalue weighted by atomic mass is 16.5. The number of amides is 1. The van der Waals surface area contributed by atoms with Gasteiger partial charge in [-0.1, -0.05) is 53.2 Å². The van der Waals surface area contributed by atoms with Crippen LogP contribution in [0.5, 0.6) is 0 Å². The molecule has 32 heavy (non-hydrogen) atoms. The van der Waals surface area contributed by atoms with Gasteiger partial charge in [0.05, 0.1) is 28.9 Å². The minimum atomic E-state index is -0.264. The number of aryl methyl sites for hydroxylation is 2. The van der Waals surface area contributed by atoms with Crippen LogP contribution in [0.3, 0.4) is 0 Å². The number of para-hydroxylation sites is 1. The normalized spacial score (nSPS) is 11.1. The number of nitrogens with one attached hydrogen (secondary N) is 1. The largest absolute Gasteiger partial charge is 0.345 e. The van der Waals surface area contributed by atoms with Gasteiger partial charge in [-0.3, -0.25) is 9.36 Å². The number of rotatable bonds is 5. The van der Waals surface area contributed by atoms with Crippen molar-refractivity contribution in [2.75, 3.05) is 0 Å². The van der Waals surface area contributed by atoms with E-state index >= 15 is 0 Å². The number of pyridine rings is 1. The zero-order valence-corrected chi connectivity index (χ0v) is 17.6. The van der Waals surface area contributed by atoms with Gasteiger partial charge in [0, 0.05) is 11.3 Å². The Labute approximate surface area is 183 Å². The predicted octanol–water partition coefficient (Wildman–Crippen LogP) is 4.02. The molecule has 0 aliphatic heterocycles. The molecular weight excluding hydrogens is 404 g/mol. The molecule has 0 saturated carbocycles. The summed E-state index contributed by atoms with van der Waals surface area (Å²) >= 11 is 0. The standard InChI is InChI=1S/C24H20N6O2/c1-15-8-10-17(11-9-15)20-12-19(22-16(2)29-32-24(22)27-20)23(31)25-13-21-28-26-14-30(21)18-6-4-3-5-7-18/h3-12,14H,13H2,1-2H3,(H,25,31). The molecule has 0 fully saturated rings. The number of hydrogen-bond donors (Lipinski definition) is 1. The lowest BCUT2D eigenvalue weighted by molar-refractivity contribution is 0.0951. The number of nitrogens with zero attached hydrogens (tertiary/aromatic N) is 5. The highest BCUT2D eigenvalue weighted by Gasteiger charge is 2.20. The Kier molecular flexibility index (Phi) is 4.95. The first kappa shape index (κ1) is 19.6. The first-order valence-corrected chi connectivity index (χ1v) is 10.2. The van der Waals surface area contributed by atoms with E-state index in [1.807, 2.05) is 66.1 Å². The second-order valence-electron chi connectivity index (χ2n) is 7.50. The van der Waals surface area contributed by atoms with Crippen molar-refractivity contribution in [1.82, 2.24) is 30.2 Å². The van der Waals surface area contributed by atoms with E-state index in [0.717, 1.165) is 16.8 Å². The van der Waals surface area contributed by atoms with E-state index < -0.39 is 0 Å². The molecule has 8 nitrogen and oxygen atoms in total. The number of benzene rings is 2. The molecule has 2 aromatic carbocycles. The molecule has 3 aromatic heterocycles. The first-order valence-electron chi connectivity index (χ1n) is 10.2. The molecule has 0 saturated heterocycles. The van der Waals surface area contributed by atoms with Crippen LogP contribution in [0.15, 0.2) is 71.5 Å². The van der Waals surface area contributed by atoms with Crippen molar-refractivity contribution in [2.45, 2.75) is 20.4 Å². The van der Waals surface area contributed by atoms with Crippen LogP contribution in [0, 0.1) is 13.8 Å². The lowest BCUT2D eigenvalue weighted by Gasteiger charge is -2.10. The maximum atomic E-state index is 13.2. The number of carbonyl (C=O) groups is 1. The van der Waals surface area contributed by atoms with Crippen LogP contribution in [0.25, 0.3) is 28.0 Å². The van der Waals surface area contributed by atoms with Gasteiger partial charge in [-0.05, 0) is 32.0 Å². The van der Waals surface area contributed by atoms with E-state index in [1.165, 1.54) is 0 Å². The lowest BCUT2D eigenvalue weighted by atomic mass is 10.0. The molecule has 0 bridgehead atoms. The average Bonchev–Trinajstić information content (AvgIpc) is 3.45. The summed E-state index contributed by atoms with van der Waals surface area (Å²) in [4.78, 5) is 17.8. The van der Waals surface area contributed by atoms with Gasteiger partial charge >= 0.3 is 0 Å². The summed E-state index contributed by atoms with van der Waals surface area (Å²) in [6, 6.07) is 19.4. The summed E-state index contributed by atoms with van der Waals surface area (Å²) in [5.74, 6) is 0.357. The fourth-order valence-corrected chi connectivity index (χ4v) is 3.58. The second-order valence-corrected chi connectivity index (χ2v) is 7.50. The topological polar surface area (TPSA) is 98.7 Å². The number of hydrogen-bond acceptors (Lipinski definition) is 6. The molecule has 0 aliphatic carbocycles. The van der Waals surface area contributed by atoms with Crippen molar-refractivity contribution in [1.29, 1.82) is 0 Å². The minimum absolute atomic E-state index is 0.210. The SMILES string of the molecule is Cc1ccc(-c2cc(C(=O)NCc3nncn3-c3ccccc3)c3c(C)noc3n2)cc1. The molecule has 1 amide bonds. The van der Waals surface area contributed by atoms with Crippen molar-refractivity contribution in [3.05, 3.63) is 89.6 Å². The third-order valence-electron chi connectivity index (χ3n) is 5.27. The zero-order chi connectivity index (χ0) is 22.1. The number of aromatic nitrogens is 5. The summed E-state index contributed by atoms with van der Waals surface area (Å²) < 4.78 is 7.22. The Morgan fingerprint density at radius 3 is 2.62 bits per heavy atom. The molecule has 5 aromatic rings. The predicted molar refractivity (Wildman–Crippen MR) is 119 cm³/mol. The Bertz CT molecular complexity index is 1400. The van der Waals surface area contributed by atoms with Crippen LogP contribution in [-0.2, 0) is 6.54 Å². The van der Waals surface area contributed by atoms with Gasteiger partial charge < -0.3 is 9.84 Å². The maximum Gasteiger partial charge on any atom is 0.259 e. The molecule has 0 spiro atoms. The van der Waals surface area contributed by atoms with E-state index in [2.05, 4.69) is 25.7 Å². The Morgan fingerprint density at radius 2 is 1.84 bits per heavy atom. The van der Waals surface area contributed by atoms with E-state index in [4.69, 9.17) is 4.52 Å². The molecule has 0 aliphatic rings. The molecule has 5 rings (SSSR count). The van der Waals surface area contributed by atoms with E-state index in [9.17, 15) is 4.79 Å². The van der Waals surface area contributed by atoms with Crippen LogP contribution in [0.4, 0.5) is 0 Å². The molecule has 8 heteroatoms. The molecular formula is C24H20N6O2. The summed E-state index contributed by atoms with van der Waals surface area (Å²) in [6.07, 6.45) is 1.63. The molecule has 0 radical (unpaired) electrons. The Balaban J connectivity index is 1.47. The summed E-state index contributed by atoms with van der Waals surface area (Å²) in [7, 11) is 0. The summed E-state index contributed by atoms with van der Waals surface area (Å²) in [5, 5.41) is 15.7. The monoisotopic (exact) mass is 424 g/mol. The van der Waals surface area contributed by atoms with Gasteiger partial charge in [0.2, 0.25) is 0 Å². The molecule has 158 valence electrons. The van der Waals surface area contributed by atoms with Gasteiger partial charge in [-0.25, -0.2) is 4.98 Å². The van der Waals surface area contributed by atoms with Crippen LogP contribution in [0.1, 0.15) is 27.4 Å². The van der Waals surface area contributed by atoms with Gasteiger partial charge in [0.25, 0.3) is 11.6 Å². The van der Waals surface area contributed by atoms with E-state index in [-0.39, 0.29) is 12.5 Å². The molecule has 1 N–H and O–H groups in total. The van der Waals surface area contributed by atoms with Crippen molar-refractivity contribution < 1.29 is 9.32 Å². The fourth-order valence-electron chi connectivity index (χ4n) is 3.58. The third kappa shape index (κ3) is 3.62. The quantitative estimate of drug-likeness (QED) is 0.458. The highest BCUT2D eigenvalue weighted by molar-refractivity contribution is 6.06. The van der Waals surface area contributed by atoms with Crippen LogP contribution in [0.2, 0.25) is 0 Å². The number of fused-ring (bicyclic) bond motifs is 1. The lowest BCUT2D eigenvalue weighted by Crippen LogP contribution is -2.25. The van der Waals surface area contributed by atoms with E-state index in [1.54, 1.807) is 19.3 Å². The Morgan fingerprint density at radius 1 is 1.06 bits per heavy atom. The van der Waals surface area contributed by atoms with Gasteiger partial charge in [-0.2, -0.15) is 0 Å².